The highest BCUT2D eigenvalue weighted by molar-refractivity contribution is 5.10. The van der Waals surface area contributed by atoms with Gasteiger partial charge in [-0.25, -0.2) is 0 Å². The maximum absolute atomic E-state index is 4.39. The number of hydrogen-bond donors (Lipinski definition) is 0. The normalized spacial score (nSPS) is 37.2. The lowest BCUT2D eigenvalue weighted by Crippen LogP contribution is -2.22. The zero-order valence-corrected chi connectivity index (χ0v) is 7.85. The summed E-state index contributed by atoms with van der Waals surface area (Å²) in [5.41, 5.74) is 1.19. The molecule has 0 N–H and O–H groups in total. The summed E-state index contributed by atoms with van der Waals surface area (Å²) in [6.45, 7) is 3.77. The molecular weight excluding hydrogens is 164 g/mol. The van der Waals surface area contributed by atoms with Crippen LogP contribution in [0.5, 0.6) is 0 Å². The first-order chi connectivity index (χ1) is 6.33. The van der Waals surface area contributed by atoms with Crippen molar-refractivity contribution in [2.24, 2.45) is 13.0 Å². The van der Waals surface area contributed by atoms with Crippen LogP contribution in [0.4, 0.5) is 0 Å². The number of hydrogen-bond acceptors (Lipinski definition) is 3. The number of nitrogens with zero attached hydrogens (tertiary/aromatic N) is 4. The second kappa shape index (κ2) is 2.54. The van der Waals surface area contributed by atoms with Crippen molar-refractivity contribution in [1.29, 1.82) is 0 Å². The van der Waals surface area contributed by atoms with E-state index in [4.69, 9.17) is 0 Å². The Labute approximate surface area is 77.5 Å². The molecule has 0 aromatic carbocycles. The van der Waals surface area contributed by atoms with Crippen LogP contribution >= 0.6 is 0 Å². The predicted molar refractivity (Wildman–Crippen MR) is 48.3 cm³/mol. The van der Waals surface area contributed by atoms with Crippen LogP contribution in [-0.4, -0.2) is 39.5 Å². The summed E-state index contributed by atoms with van der Waals surface area (Å²) >= 11 is 0. The van der Waals surface area contributed by atoms with E-state index in [9.17, 15) is 0 Å². The SMILES string of the molecule is Cn1ncc([C@@H]2CN3CC[C@H]2C3)n1. The first-order valence-corrected chi connectivity index (χ1v) is 4.91. The van der Waals surface area contributed by atoms with Crippen molar-refractivity contribution in [3.05, 3.63) is 11.9 Å². The molecule has 4 nitrogen and oxygen atoms in total. The van der Waals surface area contributed by atoms with Crippen LogP contribution in [0.15, 0.2) is 6.20 Å². The number of aromatic nitrogens is 3. The first-order valence-electron chi connectivity index (χ1n) is 4.91. The summed E-state index contributed by atoms with van der Waals surface area (Å²) in [7, 11) is 1.89. The van der Waals surface area contributed by atoms with Crippen molar-refractivity contribution in [1.82, 2.24) is 19.9 Å². The van der Waals surface area contributed by atoms with Crippen LogP contribution in [0.3, 0.4) is 0 Å². The van der Waals surface area contributed by atoms with Gasteiger partial charge in [-0.3, -0.25) is 0 Å². The maximum Gasteiger partial charge on any atom is 0.0874 e. The van der Waals surface area contributed by atoms with Crippen molar-refractivity contribution in [2.45, 2.75) is 12.3 Å². The fourth-order valence-corrected chi connectivity index (χ4v) is 2.65. The molecule has 3 rings (SSSR count). The van der Waals surface area contributed by atoms with Gasteiger partial charge in [-0.05, 0) is 18.9 Å². The van der Waals surface area contributed by atoms with Crippen LogP contribution in [-0.2, 0) is 7.05 Å². The fraction of sp³-hybridized carbons (Fsp3) is 0.778. The van der Waals surface area contributed by atoms with E-state index >= 15 is 0 Å². The third-order valence-electron chi connectivity index (χ3n) is 3.33. The Morgan fingerprint density at radius 1 is 1.46 bits per heavy atom. The standard InChI is InChI=1S/C9H14N4/c1-12-10-4-9(11-12)8-6-13-3-2-7(8)5-13/h4,7-8H,2-3,5-6H2,1H3/t7-,8+/m0/s1. The molecule has 0 spiro atoms. The van der Waals surface area contributed by atoms with Gasteiger partial charge in [-0.15, -0.1) is 0 Å². The minimum Gasteiger partial charge on any atom is -0.302 e. The van der Waals surface area contributed by atoms with Gasteiger partial charge < -0.3 is 4.90 Å². The van der Waals surface area contributed by atoms with Crippen LogP contribution < -0.4 is 0 Å². The highest BCUT2D eigenvalue weighted by atomic mass is 15.4. The molecular formula is C9H14N4. The molecule has 3 heterocycles. The number of piperidine rings is 1. The van der Waals surface area contributed by atoms with Crippen LogP contribution in [0, 0.1) is 5.92 Å². The third kappa shape index (κ3) is 1.09. The van der Waals surface area contributed by atoms with Gasteiger partial charge in [0, 0.05) is 26.1 Å². The molecule has 2 saturated heterocycles. The van der Waals surface area contributed by atoms with Crippen molar-refractivity contribution >= 4 is 0 Å². The topological polar surface area (TPSA) is 34.0 Å². The molecule has 2 bridgehead atoms. The lowest BCUT2D eigenvalue weighted by Gasteiger charge is -2.19. The molecule has 1 aromatic rings. The van der Waals surface area contributed by atoms with Gasteiger partial charge >= 0.3 is 0 Å². The molecule has 2 aliphatic rings. The van der Waals surface area contributed by atoms with Gasteiger partial charge in [0.2, 0.25) is 0 Å². The average molecular weight is 178 g/mol. The summed E-state index contributed by atoms with van der Waals surface area (Å²) < 4.78 is 0. The Hall–Kier alpha value is -0.900. The first kappa shape index (κ1) is 7.50. The summed E-state index contributed by atoms with van der Waals surface area (Å²) in [4.78, 5) is 4.20. The largest absolute Gasteiger partial charge is 0.302 e. The van der Waals surface area contributed by atoms with Gasteiger partial charge in [0.05, 0.1) is 11.9 Å². The molecule has 1 aromatic heterocycles. The molecule has 1 unspecified atom stereocenters. The van der Waals surface area contributed by atoms with E-state index in [1.54, 1.807) is 4.80 Å². The monoisotopic (exact) mass is 178 g/mol. The summed E-state index contributed by atoms with van der Waals surface area (Å²) in [6, 6.07) is 0. The molecule has 70 valence electrons. The molecule has 13 heavy (non-hydrogen) atoms. The van der Waals surface area contributed by atoms with Crippen molar-refractivity contribution < 1.29 is 0 Å². The van der Waals surface area contributed by atoms with Crippen LogP contribution in [0.25, 0.3) is 0 Å². The lowest BCUT2D eigenvalue weighted by molar-refractivity contribution is 0.343. The lowest BCUT2D eigenvalue weighted by atomic mass is 9.90. The maximum atomic E-state index is 4.39. The molecule has 3 atom stereocenters. The Kier molecular flexibility index (Phi) is 1.47. The Bertz CT molecular complexity index is 319. The minimum atomic E-state index is 0.655. The van der Waals surface area contributed by atoms with Crippen LogP contribution in [0.1, 0.15) is 18.0 Å². The van der Waals surface area contributed by atoms with Gasteiger partial charge in [-0.2, -0.15) is 15.0 Å². The van der Waals surface area contributed by atoms with E-state index in [1.807, 2.05) is 13.2 Å². The quantitative estimate of drug-likeness (QED) is 0.617. The van der Waals surface area contributed by atoms with Crippen molar-refractivity contribution in [3.8, 4) is 0 Å². The Balaban J connectivity index is 1.87. The van der Waals surface area contributed by atoms with Crippen molar-refractivity contribution in [3.63, 3.8) is 0 Å². The fourth-order valence-electron chi connectivity index (χ4n) is 2.65. The molecule has 0 radical (unpaired) electrons. The summed E-state index contributed by atoms with van der Waals surface area (Å²) in [5, 5.41) is 8.52. The molecule has 4 heteroatoms. The third-order valence-corrected chi connectivity index (χ3v) is 3.33. The zero-order valence-electron chi connectivity index (χ0n) is 7.85. The van der Waals surface area contributed by atoms with Gasteiger partial charge in [-0.1, -0.05) is 0 Å². The van der Waals surface area contributed by atoms with Crippen molar-refractivity contribution in [2.75, 3.05) is 19.6 Å². The number of rotatable bonds is 1. The number of aryl methyl sites for hydroxylation is 1. The molecule has 0 aliphatic carbocycles. The predicted octanol–water partition coefficient (Wildman–Crippen LogP) is 0.234. The average Bonchev–Trinajstić information content (AvgIpc) is 2.77. The molecule has 0 amide bonds. The Morgan fingerprint density at radius 2 is 2.38 bits per heavy atom. The summed E-state index contributed by atoms with van der Waals surface area (Å²) in [6.07, 6.45) is 3.27. The second-order valence-corrected chi connectivity index (χ2v) is 4.17. The van der Waals surface area contributed by atoms with E-state index in [1.165, 1.54) is 31.7 Å². The number of fused-ring (bicyclic) bond motifs is 2. The van der Waals surface area contributed by atoms with Gasteiger partial charge in [0.25, 0.3) is 0 Å². The zero-order chi connectivity index (χ0) is 8.84. The smallest absolute Gasteiger partial charge is 0.0874 e. The Morgan fingerprint density at radius 3 is 2.92 bits per heavy atom. The van der Waals surface area contributed by atoms with E-state index in [0.29, 0.717) is 5.92 Å². The highest BCUT2D eigenvalue weighted by Gasteiger charge is 2.39. The molecule has 2 fully saturated rings. The molecule has 2 aliphatic heterocycles. The minimum absolute atomic E-state index is 0.655. The molecule has 0 saturated carbocycles. The van der Waals surface area contributed by atoms with E-state index in [0.717, 1.165) is 5.92 Å². The summed E-state index contributed by atoms with van der Waals surface area (Å²) in [5.74, 6) is 1.50. The highest BCUT2D eigenvalue weighted by Crippen LogP contribution is 2.38. The van der Waals surface area contributed by atoms with E-state index < -0.39 is 0 Å². The van der Waals surface area contributed by atoms with E-state index in [2.05, 4.69) is 15.1 Å². The second-order valence-electron chi connectivity index (χ2n) is 4.17. The van der Waals surface area contributed by atoms with Gasteiger partial charge in [0.1, 0.15) is 0 Å². The van der Waals surface area contributed by atoms with Gasteiger partial charge in [0.15, 0.2) is 0 Å². The van der Waals surface area contributed by atoms with E-state index in [-0.39, 0.29) is 0 Å². The van der Waals surface area contributed by atoms with Crippen LogP contribution in [0.2, 0.25) is 0 Å².